The summed E-state index contributed by atoms with van der Waals surface area (Å²) in [6.07, 6.45) is 1.99. The lowest BCUT2D eigenvalue weighted by molar-refractivity contribution is 0.102. The number of hydrogen-bond acceptors (Lipinski definition) is 4. The van der Waals surface area contributed by atoms with E-state index in [1.807, 2.05) is 6.92 Å². The molecule has 0 fully saturated rings. The number of carbonyl (C=O) groups excluding carboxylic acids is 1. The molecule has 1 heterocycles. The van der Waals surface area contributed by atoms with E-state index in [1.54, 1.807) is 7.05 Å². The molecule has 1 amide bonds. The highest BCUT2D eigenvalue weighted by Crippen LogP contribution is 2.21. The van der Waals surface area contributed by atoms with E-state index >= 15 is 0 Å². The number of benzene rings is 1. The van der Waals surface area contributed by atoms with Crippen molar-refractivity contribution in [3.63, 3.8) is 0 Å². The van der Waals surface area contributed by atoms with Crippen molar-refractivity contribution in [1.82, 2.24) is 14.8 Å². The lowest BCUT2D eigenvalue weighted by Crippen LogP contribution is -2.16. The average molecular weight is 295 g/mol. The minimum absolute atomic E-state index is 0.130. The monoisotopic (exact) mass is 295 g/mol. The molecule has 2 N–H and O–H groups in total. The third-order valence-electron chi connectivity index (χ3n) is 2.79. The van der Waals surface area contributed by atoms with Gasteiger partial charge in [-0.25, -0.2) is 13.5 Å². The molecule has 6 nitrogen and oxygen atoms in total. The molecule has 2 aromatic rings. The molecule has 0 aliphatic carbocycles. The van der Waals surface area contributed by atoms with Gasteiger partial charge in [-0.3, -0.25) is 10.1 Å². The summed E-state index contributed by atoms with van der Waals surface area (Å²) in [6, 6.07) is 1.96. The van der Waals surface area contributed by atoms with Gasteiger partial charge in [-0.2, -0.15) is 10.1 Å². The van der Waals surface area contributed by atoms with Gasteiger partial charge in [0, 0.05) is 19.2 Å². The Morgan fingerprint density at radius 3 is 2.52 bits per heavy atom. The molecular weight excluding hydrogens is 280 g/mol. The third kappa shape index (κ3) is 3.33. The van der Waals surface area contributed by atoms with Gasteiger partial charge in [0.05, 0.1) is 0 Å². The normalized spacial score (nSPS) is 10.5. The number of amides is 1. The minimum atomic E-state index is -0.813. The van der Waals surface area contributed by atoms with Crippen LogP contribution in [0.3, 0.4) is 0 Å². The van der Waals surface area contributed by atoms with E-state index in [9.17, 15) is 13.6 Å². The maximum Gasteiger partial charge on any atom is 0.258 e. The van der Waals surface area contributed by atoms with E-state index in [2.05, 4.69) is 20.7 Å². The Hall–Kier alpha value is -2.51. The Morgan fingerprint density at radius 1 is 1.33 bits per heavy atom. The zero-order chi connectivity index (χ0) is 15.4. The van der Waals surface area contributed by atoms with Crippen molar-refractivity contribution < 1.29 is 13.6 Å². The smallest absolute Gasteiger partial charge is 0.258 e. The molecule has 1 aromatic carbocycles. The second-order valence-corrected chi connectivity index (χ2v) is 4.40. The summed E-state index contributed by atoms with van der Waals surface area (Å²) in [7, 11) is 1.58. The van der Waals surface area contributed by atoms with Crippen molar-refractivity contribution in [2.75, 3.05) is 17.2 Å². The van der Waals surface area contributed by atoms with Gasteiger partial charge in [0.25, 0.3) is 5.91 Å². The maximum atomic E-state index is 13.8. The summed E-state index contributed by atoms with van der Waals surface area (Å²) in [5.41, 5.74) is -0.359. The number of aryl methyl sites for hydroxylation is 1. The van der Waals surface area contributed by atoms with Crippen LogP contribution < -0.4 is 10.6 Å². The Bertz CT molecular complexity index is 633. The van der Waals surface area contributed by atoms with Crippen LogP contribution >= 0.6 is 0 Å². The van der Waals surface area contributed by atoms with Gasteiger partial charge in [-0.1, -0.05) is 6.92 Å². The van der Waals surface area contributed by atoms with Crippen molar-refractivity contribution in [2.45, 2.75) is 13.3 Å². The molecule has 112 valence electrons. The van der Waals surface area contributed by atoms with Gasteiger partial charge < -0.3 is 5.32 Å². The molecule has 0 saturated heterocycles. The standard InChI is InChI=1S/C13H15F2N5O/c1-3-4-16-11-9(14)5-8(6-10(11)15)12(21)19-13-17-7-18-20(13)2/h5-7,16H,3-4H2,1-2H3,(H,17,18,19,21). The van der Waals surface area contributed by atoms with Gasteiger partial charge >= 0.3 is 0 Å². The van der Waals surface area contributed by atoms with Crippen molar-refractivity contribution in [3.05, 3.63) is 35.7 Å². The van der Waals surface area contributed by atoms with Crippen molar-refractivity contribution in [1.29, 1.82) is 0 Å². The fourth-order valence-corrected chi connectivity index (χ4v) is 1.71. The van der Waals surface area contributed by atoms with Crippen molar-refractivity contribution >= 4 is 17.5 Å². The first-order valence-electron chi connectivity index (χ1n) is 6.41. The summed E-state index contributed by atoms with van der Waals surface area (Å²) in [6.45, 7) is 2.32. The number of nitrogens with one attached hydrogen (secondary N) is 2. The first-order chi connectivity index (χ1) is 10.0. The Balaban J connectivity index is 2.20. The zero-order valence-electron chi connectivity index (χ0n) is 11.7. The van der Waals surface area contributed by atoms with Gasteiger partial charge in [-0.05, 0) is 18.6 Å². The van der Waals surface area contributed by atoms with Gasteiger partial charge in [0.2, 0.25) is 5.95 Å². The summed E-state index contributed by atoms with van der Waals surface area (Å²) in [4.78, 5) is 15.8. The highest BCUT2D eigenvalue weighted by atomic mass is 19.1. The molecule has 0 aliphatic heterocycles. The zero-order valence-corrected chi connectivity index (χ0v) is 11.7. The van der Waals surface area contributed by atoms with E-state index in [0.717, 1.165) is 18.6 Å². The number of nitrogens with zero attached hydrogens (tertiary/aromatic N) is 3. The van der Waals surface area contributed by atoms with Crippen LogP contribution in [0, 0.1) is 11.6 Å². The number of aromatic nitrogens is 3. The van der Waals surface area contributed by atoms with E-state index in [1.165, 1.54) is 11.0 Å². The van der Waals surface area contributed by atoms with E-state index in [0.29, 0.717) is 6.54 Å². The minimum Gasteiger partial charge on any atom is -0.380 e. The SMILES string of the molecule is CCCNc1c(F)cc(C(=O)Nc2ncnn2C)cc1F. The largest absolute Gasteiger partial charge is 0.380 e. The molecule has 1 aromatic heterocycles. The van der Waals surface area contributed by atoms with Crippen LogP contribution in [0.15, 0.2) is 18.5 Å². The molecule has 0 aliphatic rings. The van der Waals surface area contributed by atoms with Crippen molar-refractivity contribution in [2.24, 2.45) is 7.05 Å². The van der Waals surface area contributed by atoms with Gasteiger partial charge in [0.1, 0.15) is 23.6 Å². The molecule has 0 atom stereocenters. The Labute approximate surface area is 120 Å². The number of anilines is 2. The van der Waals surface area contributed by atoms with E-state index in [-0.39, 0.29) is 17.2 Å². The summed E-state index contributed by atoms with van der Waals surface area (Å²) in [5.74, 6) is -2.10. The fourth-order valence-electron chi connectivity index (χ4n) is 1.71. The highest BCUT2D eigenvalue weighted by Gasteiger charge is 2.16. The van der Waals surface area contributed by atoms with Crippen LogP contribution in [0.2, 0.25) is 0 Å². The van der Waals surface area contributed by atoms with Gasteiger partial charge in [-0.15, -0.1) is 0 Å². The van der Waals surface area contributed by atoms with E-state index < -0.39 is 17.5 Å². The van der Waals surface area contributed by atoms with Crippen LogP contribution in [-0.2, 0) is 7.05 Å². The maximum absolute atomic E-state index is 13.8. The highest BCUT2D eigenvalue weighted by molar-refractivity contribution is 6.03. The second-order valence-electron chi connectivity index (χ2n) is 4.40. The van der Waals surface area contributed by atoms with Crippen LogP contribution in [0.25, 0.3) is 0 Å². The molecule has 0 saturated carbocycles. The van der Waals surface area contributed by atoms with E-state index in [4.69, 9.17) is 0 Å². The number of carbonyl (C=O) groups is 1. The predicted octanol–water partition coefficient (Wildman–Crippen LogP) is 2.17. The van der Waals surface area contributed by atoms with Gasteiger partial charge in [0.15, 0.2) is 0 Å². The molecule has 0 bridgehead atoms. The molecule has 0 spiro atoms. The van der Waals surface area contributed by atoms with Crippen LogP contribution in [0.5, 0.6) is 0 Å². The Kier molecular flexibility index (Phi) is 4.46. The lowest BCUT2D eigenvalue weighted by atomic mass is 10.1. The second kappa shape index (κ2) is 6.29. The average Bonchev–Trinajstić information content (AvgIpc) is 2.83. The van der Waals surface area contributed by atoms with Crippen molar-refractivity contribution in [3.8, 4) is 0 Å². The number of rotatable bonds is 5. The number of halogens is 2. The fraction of sp³-hybridized carbons (Fsp3) is 0.308. The summed E-state index contributed by atoms with van der Waals surface area (Å²) in [5, 5.41) is 8.84. The topological polar surface area (TPSA) is 71.8 Å². The molecule has 21 heavy (non-hydrogen) atoms. The quantitative estimate of drug-likeness (QED) is 0.886. The summed E-state index contributed by atoms with van der Waals surface area (Å²) < 4.78 is 29.0. The third-order valence-corrected chi connectivity index (χ3v) is 2.79. The van der Waals surface area contributed by atoms with Crippen LogP contribution in [0.1, 0.15) is 23.7 Å². The molecule has 8 heteroatoms. The first kappa shape index (κ1) is 14.9. The first-order valence-corrected chi connectivity index (χ1v) is 6.41. The van der Waals surface area contributed by atoms with Crippen LogP contribution in [-0.4, -0.2) is 27.2 Å². The number of hydrogen-bond donors (Lipinski definition) is 2. The molecule has 0 radical (unpaired) electrons. The molecular formula is C13H15F2N5O. The molecule has 2 rings (SSSR count). The summed E-state index contributed by atoms with van der Waals surface area (Å²) >= 11 is 0. The molecule has 0 unspecified atom stereocenters. The Morgan fingerprint density at radius 2 is 2.00 bits per heavy atom. The predicted molar refractivity (Wildman–Crippen MR) is 74.1 cm³/mol. The lowest BCUT2D eigenvalue weighted by Gasteiger charge is -2.10. The van der Waals surface area contributed by atoms with Crippen LogP contribution in [0.4, 0.5) is 20.4 Å².